The average molecular weight is 208 g/mol. The molecular formula is C8H11F3N2O. The highest BCUT2D eigenvalue weighted by Crippen LogP contribution is 2.30. The van der Waals surface area contributed by atoms with Crippen LogP contribution in [-0.4, -0.2) is 42.7 Å². The van der Waals surface area contributed by atoms with Gasteiger partial charge in [-0.05, 0) is 12.3 Å². The Balaban J connectivity index is 2.09. The Hall–Kier alpha value is -0.780. The van der Waals surface area contributed by atoms with E-state index in [1.54, 1.807) is 0 Å². The Labute approximate surface area is 79.3 Å². The van der Waals surface area contributed by atoms with E-state index >= 15 is 0 Å². The number of halogens is 3. The molecule has 0 spiro atoms. The predicted octanol–water partition coefficient (Wildman–Crippen LogP) is 0.369. The zero-order valence-corrected chi connectivity index (χ0v) is 7.47. The van der Waals surface area contributed by atoms with Crippen LogP contribution in [0, 0.1) is 5.92 Å². The van der Waals surface area contributed by atoms with Crippen molar-refractivity contribution in [2.75, 3.05) is 19.6 Å². The number of carbonyl (C=O) groups excluding carboxylic acids is 1. The van der Waals surface area contributed by atoms with E-state index in [0.717, 1.165) is 11.4 Å². The molecule has 2 saturated heterocycles. The van der Waals surface area contributed by atoms with Crippen molar-refractivity contribution in [3.63, 3.8) is 0 Å². The molecule has 2 atom stereocenters. The summed E-state index contributed by atoms with van der Waals surface area (Å²) in [6.45, 7) is 1.47. The minimum absolute atomic E-state index is 0.210. The number of likely N-dealkylation sites (tertiary alicyclic amines) is 1. The predicted molar refractivity (Wildman–Crippen MR) is 42.5 cm³/mol. The maximum absolute atomic E-state index is 12.1. The van der Waals surface area contributed by atoms with Crippen LogP contribution in [0.5, 0.6) is 0 Å². The normalized spacial score (nSPS) is 32.1. The van der Waals surface area contributed by atoms with Crippen molar-refractivity contribution in [3.8, 4) is 0 Å². The van der Waals surface area contributed by atoms with Crippen molar-refractivity contribution in [3.05, 3.63) is 0 Å². The van der Waals surface area contributed by atoms with Gasteiger partial charge in [0.05, 0.1) is 0 Å². The molecule has 2 aliphatic heterocycles. The van der Waals surface area contributed by atoms with Gasteiger partial charge in [0.15, 0.2) is 0 Å². The number of hydrogen-bond acceptors (Lipinski definition) is 2. The van der Waals surface area contributed by atoms with Crippen LogP contribution in [0.25, 0.3) is 0 Å². The fourth-order valence-electron chi connectivity index (χ4n) is 2.26. The minimum atomic E-state index is -4.72. The number of fused-ring (bicyclic) bond motifs is 1. The van der Waals surface area contributed by atoms with Gasteiger partial charge >= 0.3 is 12.1 Å². The summed E-state index contributed by atoms with van der Waals surface area (Å²) in [7, 11) is 0. The second kappa shape index (κ2) is 3.12. The van der Waals surface area contributed by atoms with E-state index in [-0.39, 0.29) is 18.5 Å². The Bertz CT molecular complexity index is 253. The van der Waals surface area contributed by atoms with E-state index in [1.165, 1.54) is 0 Å². The topological polar surface area (TPSA) is 32.3 Å². The summed E-state index contributed by atoms with van der Waals surface area (Å²) in [5, 5.41) is 3.00. The molecule has 2 fully saturated rings. The van der Waals surface area contributed by atoms with E-state index in [0.29, 0.717) is 13.0 Å². The fraction of sp³-hybridized carbons (Fsp3) is 0.875. The molecule has 14 heavy (non-hydrogen) atoms. The Morgan fingerprint density at radius 3 is 2.71 bits per heavy atom. The maximum atomic E-state index is 12.1. The lowest BCUT2D eigenvalue weighted by Gasteiger charge is -2.24. The number of amides is 1. The highest BCUT2D eigenvalue weighted by atomic mass is 19.4. The summed E-state index contributed by atoms with van der Waals surface area (Å²) in [6, 6.07) is -0.246. The third-order valence-electron chi connectivity index (χ3n) is 2.95. The highest BCUT2D eigenvalue weighted by molar-refractivity contribution is 5.82. The number of nitrogens with zero attached hydrogens (tertiary/aromatic N) is 1. The van der Waals surface area contributed by atoms with E-state index in [1.807, 2.05) is 0 Å². The lowest BCUT2D eigenvalue weighted by atomic mass is 10.1. The Kier molecular flexibility index (Phi) is 2.17. The second-order valence-corrected chi connectivity index (χ2v) is 3.77. The summed E-state index contributed by atoms with van der Waals surface area (Å²) in [4.78, 5) is 11.9. The molecule has 1 amide bonds. The van der Waals surface area contributed by atoms with Crippen LogP contribution >= 0.6 is 0 Å². The monoisotopic (exact) mass is 208 g/mol. The van der Waals surface area contributed by atoms with Crippen molar-refractivity contribution >= 4 is 5.91 Å². The largest absolute Gasteiger partial charge is 0.471 e. The molecule has 0 unspecified atom stereocenters. The molecule has 0 aromatic heterocycles. The van der Waals surface area contributed by atoms with Gasteiger partial charge in [-0.3, -0.25) is 4.79 Å². The SMILES string of the molecule is O=C(N1CC[C@H]2CNC[C@@H]21)C(F)(F)F. The van der Waals surface area contributed by atoms with E-state index in [2.05, 4.69) is 5.32 Å². The van der Waals surface area contributed by atoms with Crippen LogP contribution in [-0.2, 0) is 4.79 Å². The Morgan fingerprint density at radius 1 is 1.36 bits per heavy atom. The van der Waals surface area contributed by atoms with Gasteiger partial charge in [0.25, 0.3) is 0 Å². The van der Waals surface area contributed by atoms with E-state index in [4.69, 9.17) is 0 Å². The molecule has 0 bridgehead atoms. The van der Waals surface area contributed by atoms with Crippen molar-refractivity contribution in [1.82, 2.24) is 10.2 Å². The first kappa shape index (κ1) is 9.76. The van der Waals surface area contributed by atoms with Crippen LogP contribution in [0.1, 0.15) is 6.42 Å². The fourth-order valence-corrected chi connectivity index (χ4v) is 2.26. The second-order valence-electron chi connectivity index (χ2n) is 3.77. The van der Waals surface area contributed by atoms with Crippen molar-refractivity contribution in [1.29, 1.82) is 0 Å². The summed E-state index contributed by atoms with van der Waals surface area (Å²) in [5.41, 5.74) is 0. The number of hydrogen-bond donors (Lipinski definition) is 1. The zero-order valence-electron chi connectivity index (χ0n) is 7.47. The molecule has 6 heteroatoms. The maximum Gasteiger partial charge on any atom is 0.471 e. The van der Waals surface area contributed by atoms with E-state index < -0.39 is 12.1 Å². The molecule has 0 aromatic rings. The van der Waals surface area contributed by atoms with Crippen LogP contribution in [0.15, 0.2) is 0 Å². The van der Waals surface area contributed by atoms with Gasteiger partial charge in [-0.2, -0.15) is 13.2 Å². The van der Waals surface area contributed by atoms with Gasteiger partial charge in [-0.1, -0.05) is 0 Å². The van der Waals surface area contributed by atoms with Crippen molar-refractivity contribution in [2.45, 2.75) is 18.6 Å². The quantitative estimate of drug-likeness (QED) is 0.623. The lowest BCUT2D eigenvalue weighted by Crippen LogP contribution is -2.45. The zero-order chi connectivity index (χ0) is 10.3. The van der Waals surface area contributed by atoms with Gasteiger partial charge in [0.2, 0.25) is 0 Å². The molecule has 2 heterocycles. The van der Waals surface area contributed by atoms with Gasteiger partial charge in [0, 0.05) is 25.7 Å². The minimum Gasteiger partial charge on any atom is -0.330 e. The van der Waals surface area contributed by atoms with Gasteiger partial charge in [-0.15, -0.1) is 0 Å². The highest BCUT2D eigenvalue weighted by Gasteiger charge is 2.49. The number of nitrogens with one attached hydrogen (secondary N) is 1. The number of rotatable bonds is 0. The van der Waals surface area contributed by atoms with Crippen LogP contribution in [0.4, 0.5) is 13.2 Å². The molecule has 2 aliphatic rings. The smallest absolute Gasteiger partial charge is 0.330 e. The van der Waals surface area contributed by atoms with Gasteiger partial charge in [0.1, 0.15) is 0 Å². The third kappa shape index (κ3) is 1.47. The molecule has 80 valence electrons. The molecule has 0 aromatic carbocycles. The van der Waals surface area contributed by atoms with Gasteiger partial charge in [-0.25, -0.2) is 0 Å². The molecule has 1 N–H and O–H groups in total. The van der Waals surface area contributed by atoms with Crippen LogP contribution in [0.2, 0.25) is 0 Å². The molecule has 3 nitrogen and oxygen atoms in total. The third-order valence-corrected chi connectivity index (χ3v) is 2.95. The number of alkyl halides is 3. The Morgan fingerprint density at radius 2 is 2.07 bits per heavy atom. The lowest BCUT2D eigenvalue weighted by molar-refractivity contribution is -0.186. The van der Waals surface area contributed by atoms with Crippen molar-refractivity contribution < 1.29 is 18.0 Å². The van der Waals surface area contributed by atoms with Crippen LogP contribution in [0.3, 0.4) is 0 Å². The standard InChI is InChI=1S/C8H11F3N2O/c9-8(10,11)7(14)13-2-1-5-3-12-4-6(5)13/h5-6,12H,1-4H2/t5-,6-/m0/s1. The summed E-state index contributed by atoms with van der Waals surface area (Å²) in [5.74, 6) is -1.48. The molecular weight excluding hydrogens is 197 g/mol. The average Bonchev–Trinajstić information content (AvgIpc) is 2.59. The molecule has 0 radical (unpaired) electrons. The summed E-state index contributed by atoms with van der Waals surface area (Å²) >= 11 is 0. The molecule has 0 saturated carbocycles. The van der Waals surface area contributed by atoms with Crippen molar-refractivity contribution in [2.24, 2.45) is 5.92 Å². The first-order valence-electron chi connectivity index (χ1n) is 4.58. The molecule has 0 aliphatic carbocycles. The van der Waals surface area contributed by atoms with E-state index in [9.17, 15) is 18.0 Å². The van der Waals surface area contributed by atoms with Gasteiger partial charge < -0.3 is 10.2 Å². The number of carbonyl (C=O) groups is 1. The first-order chi connectivity index (χ1) is 6.50. The summed E-state index contributed by atoms with van der Waals surface area (Å²) < 4.78 is 36.4. The first-order valence-corrected chi connectivity index (χ1v) is 4.58. The summed E-state index contributed by atoms with van der Waals surface area (Å²) in [6.07, 6.45) is -4.04. The van der Waals surface area contributed by atoms with Crippen LogP contribution < -0.4 is 5.32 Å². The molecule has 2 rings (SSSR count).